The Morgan fingerprint density at radius 2 is 1.33 bits per heavy atom. The molecule has 4 atom stereocenters. The standard InChI is InChI=1S/C20H32O4/c1-19(2)11-20(3,14-7-4-12(5-8-14)17(21)22)16-10-13(18(23)24)6-9-15(16)19/h12-16H,4-11H2,1-3H3,(H,21,22)(H,23,24). The van der Waals surface area contributed by atoms with E-state index >= 15 is 0 Å². The predicted octanol–water partition coefficient (Wildman–Crippen LogP) is 4.43. The van der Waals surface area contributed by atoms with Gasteiger partial charge in [0.2, 0.25) is 0 Å². The SMILES string of the molecule is CC1(C)CC(C)(C2CCC(C(=O)O)CC2)C2CC(C(=O)O)CCC21. The first-order chi connectivity index (χ1) is 11.1. The molecule has 24 heavy (non-hydrogen) atoms. The number of carboxylic acid groups (broad SMARTS) is 2. The van der Waals surface area contributed by atoms with Gasteiger partial charge in [0.05, 0.1) is 11.8 Å². The number of hydrogen-bond donors (Lipinski definition) is 2. The van der Waals surface area contributed by atoms with Gasteiger partial charge in [0.25, 0.3) is 0 Å². The van der Waals surface area contributed by atoms with Crippen LogP contribution in [0.3, 0.4) is 0 Å². The zero-order chi connectivity index (χ0) is 17.7. The van der Waals surface area contributed by atoms with Crippen LogP contribution in [0, 0.1) is 40.4 Å². The van der Waals surface area contributed by atoms with Crippen LogP contribution in [0.15, 0.2) is 0 Å². The van der Waals surface area contributed by atoms with Crippen molar-refractivity contribution in [3.8, 4) is 0 Å². The first-order valence-corrected chi connectivity index (χ1v) is 9.61. The van der Waals surface area contributed by atoms with Gasteiger partial charge in [-0.3, -0.25) is 9.59 Å². The summed E-state index contributed by atoms with van der Waals surface area (Å²) in [5, 5.41) is 18.8. The lowest BCUT2D eigenvalue weighted by Crippen LogP contribution is -2.40. The van der Waals surface area contributed by atoms with Gasteiger partial charge in [-0.25, -0.2) is 0 Å². The third kappa shape index (κ3) is 2.86. The Bertz CT molecular complexity index is 518. The molecule has 2 N–H and O–H groups in total. The van der Waals surface area contributed by atoms with E-state index in [0.29, 0.717) is 17.8 Å². The minimum atomic E-state index is -0.646. The molecule has 136 valence electrons. The maximum absolute atomic E-state index is 11.5. The molecule has 0 radical (unpaired) electrons. The molecule has 3 rings (SSSR count). The summed E-state index contributed by atoms with van der Waals surface area (Å²) in [6.07, 6.45) is 7.39. The van der Waals surface area contributed by atoms with E-state index in [9.17, 15) is 19.8 Å². The maximum Gasteiger partial charge on any atom is 0.306 e. The molecule has 0 aliphatic heterocycles. The first-order valence-electron chi connectivity index (χ1n) is 9.61. The number of carboxylic acids is 2. The van der Waals surface area contributed by atoms with E-state index in [4.69, 9.17) is 0 Å². The third-order valence-corrected chi connectivity index (χ3v) is 7.90. The van der Waals surface area contributed by atoms with Crippen LogP contribution in [0.1, 0.15) is 72.1 Å². The number of fused-ring (bicyclic) bond motifs is 1. The molecule has 3 fully saturated rings. The van der Waals surface area contributed by atoms with Crippen molar-refractivity contribution in [2.45, 2.75) is 72.1 Å². The van der Waals surface area contributed by atoms with Crippen molar-refractivity contribution >= 4 is 11.9 Å². The molecule has 3 saturated carbocycles. The molecule has 4 heteroatoms. The summed E-state index contributed by atoms with van der Waals surface area (Å²) in [6, 6.07) is 0. The molecular formula is C20H32O4. The Morgan fingerprint density at radius 3 is 1.88 bits per heavy atom. The van der Waals surface area contributed by atoms with Crippen molar-refractivity contribution in [1.82, 2.24) is 0 Å². The number of carbonyl (C=O) groups is 2. The molecule has 0 heterocycles. The second-order valence-electron chi connectivity index (χ2n) is 9.62. The van der Waals surface area contributed by atoms with Gasteiger partial charge in [0.15, 0.2) is 0 Å². The van der Waals surface area contributed by atoms with Crippen molar-refractivity contribution in [3.05, 3.63) is 0 Å². The summed E-state index contributed by atoms with van der Waals surface area (Å²) in [5.41, 5.74) is 0.443. The van der Waals surface area contributed by atoms with Crippen molar-refractivity contribution < 1.29 is 19.8 Å². The van der Waals surface area contributed by atoms with Crippen LogP contribution in [0.2, 0.25) is 0 Å². The lowest BCUT2D eigenvalue weighted by Gasteiger charge is -2.46. The molecule has 0 spiro atoms. The van der Waals surface area contributed by atoms with Crippen molar-refractivity contribution in [2.24, 2.45) is 40.4 Å². The fraction of sp³-hybridized carbons (Fsp3) is 0.900. The van der Waals surface area contributed by atoms with Gasteiger partial charge >= 0.3 is 11.9 Å². The minimum absolute atomic E-state index is 0.172. The van der Waals surface area contributed by atoms with Crippen LogP contribution in [0.4, 0.5) is 0 Å². The predicted molar refractivity (Wildman–Crippen MR) is 91.5 cm³/mol. The molecule has 3 aliphatic rings. The van der Waals surface area contributed by atoms with Crippen molar-refractivity contribution in [2.75, 3.05) is 0 Å². The molecule has 3 aliphatic carbocycles. The van der Waals surface area contributed by atoms with E-state index in [-0.39, 0.29) is 22.7 Å². The Morgan fingerprint density at radius 1 is 0.792 bits per heavy atom. The molecular weight excluding hydrogens is 304 g/mol. The van der Waals surface area contributed by atoms with E-state index in [0.717, 1.165) is 51.4 Å². The molecule has 0 bridgehead atoms. The van der Waals surface area contributed by atoms with Crippen LogP contribution in [0.25, 0.3) is 0 Å². The van der Waals surface area contributed by atoms with Crippen molar-refractivity contribution in [1.29, 1.82) is 0 Å². The van der Waals surface area contributed by atoms with E-state index in [1.807, 2.05) is 0 Å². The average Bonchev–Trinajstić information content (AvgIpc) is 2.74. The minimum Gasteiger partial charge on any atom is -0.481 e. The molecule has 4 nitrogen and oxygen atoms in total. The van der Waals surface area contributed by atoms with Crippen LogP contribution in [-0.2, 0) is 9.59 Å². The third-order valence-electron chi connectivity index (χ3n) is 7.90. The van der Waals surface area contributed by atoms with Crippen LogP contribution in [0.5, 0.6) is 0 Å². The average molecular weight is 336 g/mol. The first kappa shape index (κ1) is 17.8. The van der Waals surface area contributed by atoms with E-state index in [1.165, 1.54) is 0 Å². The highest BCUT2D eigenvalue weighted by molar-refractivity contribution is 5.70. The van der Waals surface area contributed by atoms with Gasteiger partial charge in [0.1, 0.15) is 0 Å². The zero-order valence-corrected chi connectivity index (χ0v) is 15.3. The molecule has 0 aromatic rings. The molecule has 4 unspecified atom stereocenters. The number of hydrogen-bond acceptors (Lipinski definition) is 2. The van der Waals surface area contributed by atoms with Crippen LogP contribution >= 0.6 is 0 Å². The Balaban J connectivity index is 1.80. The highest BCUT2D eigenvalue weighted by atomic mass is 16.4. The summed E-state index contributed by atoms with van der Waals surface area (Å²) in [4.78, 5) is 22.8. The molecule has 0 saturated heterocycles. The Labute approximate surface area is 145 Å². The van der Waals surface area contributed by atoms with Crippen molar-refractivity contribution in [3.63, 3.8) is 0 Å². The van der Waals surface area contributed by atoms with Gasteiger partial charge in [-0.1, -0.05) is 20.8 Å². The van der Waals surface area contributed by atoms with Crippen LogP contribution in [-0.4, -0.2) is 22.2 Å². The lowest BCUT2D eigenvalue weighted by molar-refractivity contribution is -0.146. The fourth-order valence-corrected chi connectivity index (χ4v) is 6.75. The highest BCUT2D eigenvalue weighted by Gasteiger charge is 2.59. The summed E-state index contributed by atoms with van der Waals surface area (Å²) in [5.74, 6) is 0.0175. The number of rotatable bonds is 3. The van der Waals surface area contributed by atoms with Crippen LogP contribution < -0.4 is 0 Å². The monoisotopic (exact) mass is 336 g/mol. The molecule has 0 aromatic heterocycles. The highest BCUT2D eigenvalue weighted by Crippen LogP contribution is 2.66. The van der Waals surface area contributed by atoms with E-state index in [2.05, 4.69) is 20.8 Å². The summed E-state index contributed by atoms with van der Waals surface area (Å²) in [7, 11) is 0. The summed E-state index contributed by atoms with van der Waals surface area (Å²) >= 11 is 0. The van der Waals surface area contributed by atoms with Gasteiger partial charge in [-0.15, -0.1) is 0 Å². The normalized spacial score (nSPS) is 44.7. The van der Waals surface area contributed by atoms with Gasteiger partial charge in [-0.2, -0.15) is 0 Å². The topological polar surface area (TPSA) is 74.6 Å². The van der Waals surface area contributed by atoms with E-state index in [1.54, 1.807) is 0 Å². The quantitative estimate of drug-likeness (QED) is 0.799. The largest absolute Gasteiger partial charge is 0.481 e. The van der Waals surface area contributed by atoms with E-state index < -0.39 is 11.9 Å². The molecule has 0 amide bonds. The van der Waals surface area contributed by atoms with Gasteiger partial charge in [0, 0.05) is 0 Å². The smallest absolute Gasteiger partial charge is 0.306 e. The summed E-state index contributed by atoms with van der Waals surface area (Å²) < 4.78 is 0. The van der Waals surface area contributed by atoms with Gasteiger partial charge < -0.3 is 10.2 Å². The Kier molecular flexibility index (Phi) is 4.46. The lowest BCUT2D eigenvalue weighted by atomic mass is 9.59. The fourth-order valence-electron chi connectivity index (χ4n) is 6.75. The maximum atomic E-state index is 11.5. The Hall–Kier alpha value is -1.06. The second-order valence-corrected chi connectivity index (χ2v) is 9.62. The molecule has 0 aromatic carbocycles. The zero-order valence-electron chi connectivity index (χ0n) is 15.3. The number of aliphatic carboxylic acids is 2. The second kappa shape index (κ2) is 6.03. The summed E-state index contributed by atoms with van der Waals surface area (Å²) in [6.45, 7) is 7.11. The van der Waals surface area contributed by atoms with Gasteiger partial charge in [-0.05, 0) is 80.0 Å².